The smallest absolute Gasteiger partial charge is 0.339 e. The number of hydrogen-bond acceptors (Lipinski definition) is 6. The minimum atomic E-state index is -4.04. The largest absolute Gasteiger partial charge is 0.486 e. The highest BCUT2D eigenvalue weighted by Crippen LogP contribution is 2.28. The number of carbonyl (C=O) groups excluding carboxylic acids is 1. The Morgan fingerprint density at radius 1 is 1.29 bits per heavy atom. The molecule has 1 aliphatic heterocycles. The molecule has 1 aromatic carbocycles. The lowest BCUT2D eigenvalue weighted by Gasteiger charge is -2.38. The molecule has 1 aromatic heterocycles. The maximum atomic E-state index is 12.4. The number of carbonyl (C=O) groups is 1. The normalized spacial score (nSPS) is 14.6. The van der Waals surface area contributed by atoms with Crippen molar-refractivity contribution in [3.63, 3.8) is 0 Å². The van der Waals surface area contributed by atoms with Crippen molar-refractivity contribution in [1.29, 1.82) is 0 Å². The highest BCUT2D eigenvalue weighted by atomic mass is 35.5. The van der Waals surface area contributed by atoms with Crippen molar-refractivity contribution in [2.75, 3.05) is 19.6 Å². The van der Waals surface area contributed by atoms with Crippen LogP contribution in [-0.2, 0) is 14.8 Å². The number of amides is 1. The molecule has 3 rings (SSSR count). The van der Waals surface area contributed by atoms with Crippen molar-refractivity contribution in [2.45, 2.75) is 17.9 Å². The Morgan fingerprint density at radius 2 is 1.93 bits per heavy atom. The number of hydrogen-bond donors (Lipinski definition) is 1. The third kappa shape index (κ3) is 4.67. The molecule has 1 saturated heterocycles. The number of benzene rings is 1. The molecule has 28 heavy (non-hydrogen) atoms. The van der Waals surface area contributed by atoms with Gasteiger partial charge in [0.15, 0.2) is 0 Å². The van der Waals surface area contributed by atoms with Crippen LogP contribution in [0.3, 0.4) is 0 Å². The zero-order valence-corrected chi connectivity index (χ0v) is 17.0. The SMILES string of the molecule is Cc1cc(OC2CN(C(=O)CNS(=O)(=O)c3c(Cl)cccc3Cl)C2)cc(=O)o1. The predicted octanol–water partition coefficient (Wildman–Crippen LogP) is 1.82. The molecule has 0 unspecified atom stereocenters. The average Bonchev–Trinajstić information content (AvgIpc) is 2.54. The minimum absolute atomic E-state index is 0.0347. The number of aryl methyl sites for hydroxylation is 1. The van der Waals surface area contributed by atoms with E-state index in [9.17, 15) is 18.0 Å². The van der Waals surface area contributed by atoms with Crippen molar-refractivity contribution >= 4 is 39.1 Å². The molecule has 0 saturated carbocycles. The van der Waals surface area contributed by atoms with Gasteiger partial charge in [-0.1, -0.05) is 29.3 Å². The van der Waals surface area contributed by atoms with Crippen LogP contribution in [0.1, 0.15) is 5.76 Å². The van der Waals surface area contributed by atoms with E-state index in [1.54, 1.807) is 13.0 Å². The highest BCUT2D eigenvalue weighted by molar-refractivity contribution is 7.89. The second-order valence-corrected chi connectivity index (χ2v) is 8.65. The summed E-state index contributed by atoms with van der Waals surface area (Å²) in [7, 11) is -4.04. The third-order valence-corrected chi connectivity index (χ3v) is 6.33. The number of sulfonamides is 1. The summed E-state index contributed by atoms with van der Waals surface area (Å²) in [6.45, 7) is 1.73. The topological polar surface area (TPSA) is 106 Å². The monoisotopic (exact) mass is 446 g/mol. The Bertz CT molecular complexity index is 1040. The minimum Gasteiger partial charge on any atom is -0.486 e. The average molecular weight is 447 g/mol. The van der Waals surface area contributed by atoms with Gasteiger partial charge in [-0.15, -0.1) is 0 Å². The molecule has 2 heterocycles. The molecular formula is C17H16Cl2N2O6S. The van der Waals surface area contributed by atoms with Crippen LogP contribution >= 0.6 is 23.2 Å². The first-order chi connectivity index (χ1) is 13.2. The lowest BCUT2D eigenvalue weighted by molar-refractivity contribution is -0.138. The number of likely N-dealkylation sites (tertiary alicyclic amines) is 1. The third-order valence-electron chi connectivity index (χ3n) is 3.97. The summed E-state index contributed by atoms with van der Waals surface area (Å²) >= 11 is 11.8. The van der Waals surface area contributed by atoms with Crippen LogP contribution in [0.2, 0.25) is 10.0 Å². The summed E-state index contributed by atoms with van der Waals surface area (Å²) in [6, 6.07) is 7.11. The molecule has 0 radical (unpaired) electrons. The maximum absolute atomic E-state index is 12.4. The molecule has 2 aromatic rings. The highest BCUT2D eigenvalue weighted by Gasteiger charge is 2.33. The molecule has 0 bridgehead atoms. The molecular weight excluding hydrogens is 431 g/mol. The number of halogens is 2. The number of ether oxygens (including phenoxy) is 1. The van der Waals surface area contributed by atoms with Gasteiger partial charge in [-0.2, -0.15) is 0 Å². The van der Waals surface area contributed by atoms with Gasteiger partial charge in [0.05, 0.1) is 35.7 Å². The van der Waals surface area contributed by atoms with Gasteiger partial charge < -0.3 is 14.1 Å². The molecule has 150 valence electrons. The molecule has 0 aliphatic carbocycles. The molecule has 8 nitrogen and oxygen atoms in total. The number of nitrogens with zero attached hydrogens (tertiary/aromatic N) is 1. The van der Waals surface area contributed by atoms with E-state index in [1.807, 2.05) is 0 Å². The molecule has 1 fully saturated rings. The van der Waals surface area contributed by atoms with Gasteiger partial charge >= 0.3 is 5.63 Å². The van der Waals surface area contributed by atoms with Gasteiger partial charge in [-0.3, -0.25) is 4.79 Å². The van der Waals surface area contributed by atoms with Crippen molar-refractivity contribution < 1.29 is 22.4 Å². The standard InChI is InChI=1S/C17H16Cl2N2O6S/c1-10-5-11(6-16(23)26-10)27-12-8-21(9-12)15(22)7-20-28(24,25)17-13(18)3-2-4-14(17)19/h2-6,12,20H,7-9H2,1H3. The molecule has 1 amide bonds. The van der Waals surface area contributed by atoms with Crippen LogP contribution in [0.15, 0.2) is 44.4 Å². The summed E-state index contributed by atoms with van der Waals surface area (Å²) in [6.07, 6.45) is -0.292. The van der Waals surface area contributed by atoms with E-state index >= 15 is 0 Å². The van der Waals surface area contributed by atoms with Gasteiger partial charge in [-0.05, 0) is 19.1 Å². The zero-order valence-electron chi connectivity index (χ0n) is 14.6. The van der Waals surface area contributed by atoms with Gasteiger partial charge in [0.2, 0.25) is 15.9 Å². The van der Waals surface area contributed by atoms with Crippen molar-refractivity contribution in [3.8, 4) is 5.75 Å². The van der Waals surface area contributed by atoms with Crippen molar-refractivity contribution in [2.24, 2.45) is 0 Å². The van der Waals surface area contributed by atoms with Crippen molar-refractivity contribution in [1.82, 2.24) is 9.62 Å². The fraction of sp³-hybridized carbons (Fsp3) is 0.294. The molecule has 0 atom stereocenters. The maximum Gasteiger partial charge on any atom is 0.339 e. The van der Waals surface area contributed by atoms with Crippen LogP contribution < -0.4 is 15.1 Å². The first-order valence-corrected chi connectivity index (χ1v) is 10.4. The predicted molar refractivity (Wildman–Crippen MR) is 102 cm³/mol. The summed E-state index contributed by atoms with van der Waals surface area (Å²) in [5.74, 6) is 0.359. The van der Waals surface area contributed by atoms with Crippen LogP contribution in [-0.4, -0.2) is 45.0 Å². The zero-order chi connectivity index (χ0) is 20.5. The second kappa shape index (κ2) is 8.12. The van der Waals surface area contributed by atoms with Gasteiger partial charge in [0.25, 0.3) is 0 Å². The molecule has 11 heteroatoms. The van der Waals surface area contributed by atoms with Crippen molar-refractivity contribution in [3.05, 3.63) is 56.6 Å². The number of rotatable bonds is 6. The molecule has 1 aliphatic rings. The van der Waals surface area contributed by atoms with E-state index in [2.05, 4.69) is 4.72 Å². The van der Waals surface area contributed by atoms with E-state index in [-0.39, 0.29) is 34.1 Å². The van der Waals surface area contributed by atoms with Crippen LogP contribution in [0.25, 0.3) is 0 Å². The fourth-order valence-electron chi connectivity index (χ4n) is 2.63. The summed E-state index contributed by atoms with van der Waals surface area (Å²) in [4.78, 5) is 24.7. The Kier molecular flexibility index (Phi) is 5.99. The summed E-state index contributed by atoms with van der Waals surface area (Å²) in [5, 5.41) is -0.0695. The second-order valence-electron chi connectivity index (χ2n) is 6.14. The van der Waals surface area contributed by atoms with Crippen LogP contribution in [0, 0.1) is 6.92 Å². The first-order valence-electron chi connectivity index (χ1n) is 8.15. The van der Waals surface area contributed by atoms with Gasteiger partial charge in [0, 0.05) is 6.07 Å². The van der Waals surface area contributed by atoms with Crippen LogP contribution in [0.5, 0.6) is 5.75 Å². The van der Waals surface area contributed by atoms with E-state index in [1.165, 1.54) is 29.2 Å². The van der Waals surface area contributed by atoms with E-state index in [0.717, 1.165) is 0 Å². The fourth-order valence-corrected chi connectivity index (χ4v) is 4.75. The Hall–Kier alpha value is -2.07. The Labute approximate surface area is 171 Å². The van der Waals surface area contributed by atoms with Gasteiger partial charge in [0.1, 0.15) is 22.5 Å². The summed E-state index contributed by atoms with van der Waals surface area (Å²) in [5.41, 5.74) is -0.519. The molecule has 1 N–H and O–H groups in total. The first kappa shape index (κ1) is 20.7. The van der Waals surface area contributed by atoms with Crippen LogP contribution in [0.4, 0.5) is 0 Å². The van der Waals surface area contributed by atoms with E-state index in [4.69, 9.17) is 32.4 Å². The van der Waals surface area contributed by atoms with E-state index < -0.39 is 28.1 Å². The quantitative estimate of drug-likeness (QED) is 0.725. The van der Waals surface area contributed by atoms with Gasteiger partial charge in [-0.25, -0.2) is 17.9 Å². The van der Waals surface area contributed by atoms with E-state index in [0.29, 0.717) is 11.5 Å². The molecule has 0 spiro atoms. The number of nitrogens with one attached hydrogen (secondary N) is 1. The Morgan fingerprint density at radius 3 is 2.54 bits per heavy atom. The summed E-state index contributed by atoms with van der Waals surface area (Å²) < 4.78 is 37.4. The lowest BCUT2D eigenvalue weighted by atomic mass is 10.1. The Balaban J connectivity index is 1.53. The lowest BCUT2D eigenvalue weighted by Crippen LogP contribution is -2.58.